The van der Waals surface area contributed by atoms with Crippen LogP contribution in [0, 0.1) is 11.6 Å². The number of hydrogen-bond acceptors (Lipinski definition) is 2. The molecule has 2 aromatic rings. The van der Waals surface area contributed by atoms with Gasteiger partial charge in [-0.15, -0.1) is 0 Å². The first kappa shape index (κ1) is 15.4. The maximum absolute atomic E-state index is 13.0. The Morgan fingerprint density at radius 3 is 2.57 bits per heavy atom. The summed E-state index contributed by atoms with van der Waals surface area (Å²) in [6.45, 7) is 0.429. The van der Waals surface area contributed by atoms with Gasteiger partial charge in [0.25, 0.3) is 0 Å². The molecule has 0 saturated heterocycles. The third kappa shape index (κ3) is 4.53. The van der Waals surface area contributed by atoms with Crippen LogP contribution in [0.2, 0.25) is 0 Å². The van der Waals surface area contributed by atoms with E-state index in [1.54, 1.807) is 0 Å². The van der Waals surface area contributed by atoms with E-state index in [2.05, 4.69) is 26.6 Å². The molecule has 1 amide bonds. The van der Waals surface area contributed by atoms with Gasteiger partial charge < -0.3 is 10.6 Å². The van der Waals surface area contributed by atoms with Crippen molar-refractivity contribution in [1.82, 2.24) is 0 Å². The predicted molar refractivity (Wildman–Crippen MR) is 82.2 cm³/mol. The third-order valence-electron chi connectivity index (χ3n) is 2.74. The van der Waals surface area contributed by atoms with Crippen LogP contribution in [-0.4, -0.2) is 12.5 Å². The van der Waals surface area contributed by atoms with Crippen LogP contribution < -0.4 is 10.6 Å². The Balaban J connectivity index is 1.82. The number of hydrogen-bond donors (Lipinski definition) is 2. The first-order valence-electron chi connectivity index (χ1n) is 6.29. The molecule has 0 heterocycles. The predicted octanol–water partition coefficient (Wildman–Crippen LogP) is 4.17. The van der Waals surface area contributed by atoms with E-state index in [1.165, 1.54) is 6.07 Å². The van der Waals surface area contributed by atoms with Crippen molar-refractivity contribution < 1.29 is 13.6 Å². The average Bonchev–Trinajstić information content (AvgIpc) is 2.45. The maximum Gasteiger partial charge on any atom is 0.226 e. The van der Waals surface area contributed by atoms with Gasteiger partial charge in [0.1, 0.15) is 0 Å². The Morgan fingerprint density at radius 2 is 1.86 bits per heavy atom. The lowest BCUT2D eigenvalue weighted by molar-refractivity contribution is -0.115. The van der Waals surface area contributed by atoms with Crippen molar-refractivity contribution in [2.75, 3.05) is 17.2 Å². The number of benzene rings is 2. The summed E-state index contributed by atoms with van der Waals surface area (Å²) in [5.74, 6) is -2.21. The summed E-state index contributed by atoms with van der Waals surface area (Å²) >= 11 is 3.39. The highest BCUT2D eigenvalue weighted by Gasteiger charge is 2.06. The Kier molecular flexibility index (Phi) is 5.27. The van der Waals surface area contributed by atoms with Gasteiger partial charge in [-0.1, -0.05) is 12.1 Å². The molecule has 0 aliphatic heterocycles. The van der Waals surface area contributed by atoms with E-state index in [0.29, 0.717) is 6.54 Å². The van der Waals surface area contributed by atoms with Crippen LogP contribution in [0.5, 0.6) is 0 Å². The van der Waals surface area contributed by atoms with E-state index >= 15 is 0 Å². The van der Waals surface area contributed by atoms with Crippen LogP contribution in [0.15, 0.2) is 46.9 Å². The largest absolute Gasteiger partial charge is 0.384 e. The molecule has 0 atom stereocenters. The van der Waals surface area contributed by atoms with Crippen molar-refractivity contribution in [2.24, 2.45) is 0 Å². The van der Waals surface area contributed by atoms with Crippen LogP contribution in [-0.2, 0) is 4.79 Å². The zero-order valence-corrected chi connectivity index (χ0v) is 12.6. The number of halogens is 3. The molecule has 0 aliphatic rings. The Labute approximate surface area is 129 Å². The summed E-state index contributed by atoms with van der Waals surface area (Å²) in [5.41, 5.74) is 1.12. The van der Waals surface area contributed by atoms with Gasteiger partial charge in [0.15, 0.2) is 11.6 Å². The van der Waals surface area contributed by atoms with Crippen molar-refractivity contribution in [1.29, 1.82) is 0 Å². The molecule has 0 saturated carbocycles. The SMILES string of the molecule is O=C(CCNc1ccccc1Br)Nc1ccc(F)c(F)c1. The molecule has 2 N–H and O–H groups in total. The normalized spacial score (nSPS) is 10.2. The highest BCUT2D eigenvalue weighted by molar-refractivity contribution is 9.10. The van der Waals surface area contributed by atoms with Crippen LogP contribution in [0.4, 0.5) is 20.2 Å². The van der Waals surface area contributed by atoms with E-state index in [4.69, 9.17) is 0 Å². The molecule has 0 fully saturated rings. The van der Waals surface area contributed by atoms with Gasteiger partial charge in [-0.25, -0.2) is 8.78 Å². The topological polar surface area (TPSA) is 41.1 Å². The number of anilines is 2. The molecule has 2 rings (SSSR count). The fourth-order valence-electron chi connectivity index (χ4n) is 1.71. The first-order valence-corrected chi connectivity index (χ1v) is 7.09. The van der Waals surface area contributed by atoms with Crippen molar-refractivity contribution in [2.45, 2.75) is 6.42 Å². The van der Waals surface area contributed by atoms with E-state index in [9.17, 15) is 13.6 Å². The van der Waals surface area contributed by atoms with Crippen LogP contribution in [0.25, 0.3) is 0 Å². The smallest absolute Gasteiger partial charge is 0.226 e. The number of carbonyl (C=O) groups is 1. The summed E-state index contributed by atoms with van der Waals surface area (Å²) in [6, 6.07) is 10.8. The molecule has 0 radical (unpaired) electrons. The number of nitrogens with one attached hydrogen (secondary N) is 2. The van der Waals surface area contributed by atoms with Gasteiger partial charge in [0, 0.05) is 34.9 Å². The highest BCUT2D eigenvalue weighted by Crippen LogP contribution is 2.21. The zero-order chi connectivity index (χ0) is 15.2. The zero-order valence-electron chi connectivity index (χ0n) is 11.0. The lowest BCUT2D eigenvalue weighted by atomic mass is 10.2. The highest BCUT2D eigenvalue weighted by atomic mass is 79.9. The first-order chi connectivity index (χ1) is 10.1. The van der Waals surface area contributed by atoms with Crippen LogP contribution in [0.1, 0.15) is 6.42 Å². The number of rotatable bonds is 5. The number of carbonyl (C=O) groups excluding carboxylic acids is 1. The van der Waals surface area contributed by atoms with Crippen LogP contribution >= 0.6 is 15.9 Å². The summed E-state index contributed by atoms with van der Waals surface area (Å²) in [5, 5.41) is 5.62. The Bertz CT molecular complexity index is 649. The minimum absolute atomic E-state index is 0.209. The van der Waals surface area contributed by atoms with Gasteiger partial charge in [0.2, 0.25) is 5.91 Å². The summed E-state index contributed by atoms with van der Waals surface area (Å²) in [6.07, 6.45) is 0.209. The van der Waals surface area contributed by atoms with E-state index in [1.807, 2.05) is 24.3 Å². The molecule has 3 nitrogen and oxygen atoms in total. The lowest BCUT2D eigenvalue weighted by Gasteiger charge is -2.09. The lowest BCUT2D eigenvalue weighted by Crippen LogP contribution is -2.16. The van der Waals surface area contributed by atoms with E-state index in [0.717, 1.165) is 22.3 Å². The van der Waals surface area contributed by atoms with Crippen molar-refractivity contribution in [3.05, 3.63) is 58.6 Å². The summed E-state index contributed by atoms with van der Waals surface area (Å²) in [4.78, 5) is 11.7. The van der Waals surface area contributed by atoms with Crippen LogP contribution in [0.3, 0.4) is 0 Å². The molecule has 0 unspecified atom stereocenters. The van der Waals surface area contributed by atoms with E-state index in [-0.39, 0.29) is 18.0 Å². The molecule has 0 aromatic heterocycles. The number of amides is 1. The minimum Gasteiger partial charge on any atom is -0.384 e. The second kappa shape index (κ2) is 7.17. The van der Waals surface area contributed by atoms with Gasteiger partial charge >= 0.3 is 0 Å². The molecule has 110 valence electrons. The van der Waals surface area contributed by atoms with Gasteiger partial charge in [-0.2, -0.15) is 0 Å². The molecule has 0 aliphatic carbocycles. The molecule has 6 heteroatoms. The average molecular weight is 355 g/mol. The van der Waals surface area contributed by atoms with E-state index < -0.39 is 11.6 Å². The fourth-order valence-corrected chi connectivity index (χ4v) is 2.14. The fraction of sp³-hybridized carbons (Fsp3) is 0.133. The monoisotopic (exact) mass is 354 g/mol. The standard InChI is InChI=1S/C15H13BrF2N2O/c16-11-3-1-2-4-14(11)19-8-7-15(21)20-10-5-6-12(17)13(18)9-10/h1-6,9,19H,7-8H2,(H,20,21). The third-order valence-corrected chi connectivity index (χ3v) is 3.44. The number of para-hydroxylation sites is 1. The van der Waals surface area contributed by atoms with Gasteiger partial charge in [-0.3, -0.25) is 4.79 Å². The maximum atomic E-state index is 13.0. The molecule has 0 spiro atoms. The Hall–Kier alpha value is -1.95. The van der Waals surface area contributed by atoms with Gasteiger partial charge in [-0.05, 0) is 40.2 Å². The Morgan fingerprint density at radius 1 is 1.10 bits per heavy atom. The molecular weight excluding hydrogens is 342 g/mol. The molecule has 21 heavy (non-hydrogen) atoms. The summed E-state index contributed by atoms with van der Waals surface area (Å²) in [7, 11) is 0. The summed E-state index contributed by atoms with van der Waals surface area (Å²) < 4.78 is 26.7. The molecule has 2 aromatic carbocycles. The minimum atomic E-state index is -0.987. The van der Waals surface area contributed by atoms with Crippen molar-refractivity contribution >= 4 is 33.2 Å². The molecular formula is C15H13BrF2N2O. The quantitative estimate of drug-likeness (QED) is 0.845. The van der Waals surface area contributed by atoms with Crippen molar-refractivity contribution in [3.8, 4) is 0 Å². The van der Waals surface area contributed by atoms with Gasteiger partial charge in [0.05, 0.1) is 0 Å². The second-order valence-electron chi connectivity index (χ2n) is 4.33. The van der Waals surface area contributed by atoms with Crippen molar-refractivity contribution in [3.63, 3.8) is 0 Å². The second-order valence-corrected chi connectivity index (χ2v) is 5.19. The molecule has 0 bridgehead atoms.